The van der Waals surface area contributed by atoms with E-state index in [2.05, 4.69) is 15.6 Å². The van der Waals surface area contributed by atoms with E-state index in [1.54, 1.807) is 12.5 Å². The standard InChI is InChI=1S/C13H19N3O3S/c1-9(17)10-7-20-12(15-10)16-11(18)13(8-19-2)3-5-14-6-4-13/h7,14H,3-6,8H2,1-2H3,(H,15,16,18). The Bertz CT molecular complexity index is 489. The van der Waals surface area contributed by atoms with E-state index in [-0.39, 0.29) is 11.7 Å². The third kappa shape index (κ3) is 3.23. The minimum absolute atomic E-state index is 0.0784. The zero-order valence-corrected chi connectivity index (χ0v) is 12.5. The number of hydrogen-bond acceptors (Lipinski definition) is 6. The molecule has 1 saturated heterocycles. The van der Waals surface area contributed by atoms with Crippen molar-refractivity contribution in [3.05, 3.63) is 11.1 Å². The highest BCUT2D eigenvalue weighted by atomic mass is 32.1. The summed E-state index contributed by atoms with van der Waals surface area (Å²) in [6.07, 6.45) is 1.47. The molecule has 0 atom stereocenters. The Balaban J connectivity index is 2.09. The molecular weight excluding hydrogens is 278 g/mol. The highest BCUT2D eigenvalue weighted by Crippen LogP contribution is 2.31. The molecule has 7 heteroatoms. The summed E-state index contributed by atoms with van der Waals surface area (Å²) < 4.78 is 5.23. The number of Topliss-reactive ketones (excluding diaryl/α,β-unsaturated/α-hetero) is 1. The zero-order valence-electron chi connectivity index (χ0n) is 11.7. The minimum Gasteiger partial charge on any atom is -0.384 e. The molecule has 1 aromatic heterocycles. The van der Waals surface area contributed by atoms with Crippen LogP contribution in [-0.4, -0.2) is 43.5 Å². The molecule has 0 bridgehead atoms. The number of aromatic nitrogens is 1. The average Bonchev–Trinajstić information content (AvgIpc) is 2.89. The summed E-state index contributed by atoms with van der Waals surface area (Å²) in [4.78, 5) is 27.9. The van der Waals surface area contributed by atoms with Crippen LogP contribution < -0.4 is 10.6 Å². The van der Waals surface area contributed by atoms with Gasteiger partial charge in [0.2, 0.25) is 5.91 Å². The second kappa shape index (κ2) is 6.43. The van der Waals surface area contributed by atoms with Crippen molar-refractivity contribution < 1.29 is 14.3 Å². The molecule has 0 spiro atoms. The van der Waals surface area contributed by atoms with Gasteiger partial charge in [-0.15, -0.1) is 11.3 Å². The van der Waals surface area contributed by atoms with Gasteiger partial charge >= 0.3 is 0 Å². The fraction of sp³-hybridized carbons (Fsp3) is 0.615. The summed E-state index contributed by atoms with van der Waals surface area (Å²) in [5.41, 5.74) is -0.126. The van der Waals surface area contributed by atoms with Crippen LogP contribution in [0.25, 0.3) is 0 Å². The van der Waals surface area contributed by atoms with Gasteiger partial charge in [0.1, 0.15) is 5.69 Å². The van der Waals surface area contributed by atoms with Gasteiger partial charge in [-0.05, 0) is 25.9 Å². The number of ketones is 1. The Kier molecular flexibility index (Phi) is 4.85. The Morgan fingerprint density at radius 2 is 2.20 bits per heavy atom. The Hall–Kier alpha value is -1.31. The number of thiazole rings is 1. The van der Waals surface area contributed by atoms with Gasteiger partial charge in [-0.3, -0.25) is 9.59 Å². The van der Waals surface area contributed by atoms with Crippen molar-refractivity contribution >= 4 is 28.2 Å². The molecule has 0 aliphatic carbocycles. The van der Waals surface area contributed by atoms with Crippen molar-refractivity contribution in [2.75, 3.05) is 32.1 Å². The normalized spacial score (nSPS) is 17.7. The molecule has 1 aromatic rings. The van der Waals surface area contributed by atoms with Crippen LogP contribution in [0.3, 0.4) is 0 Å². The molecular formula is C13H19N3O3S. The lowest BCUT2D eigenvalue weighted by Crippen LogP contribution is -2.47. The Labute approximate surface area is 121 Å². The summed E-state index contributed by atoms with van der Waals surface area (Å²) in [6, 6.07) is 0. The summed E-state index contributed by atoms with van der Waals surface area (Å²) >= 11 is 1.27. The second-order valence-corrected chi connectivity index (χ2v) is 5.87. The zero-order chi connectivity index (χ0) is 14.6. The largest absolute Gasteiger partial charge is 0.384 e. The van der Waals surface area contributed by atoms with E-state index < -0.39 is 5.41 Å². The summed E-state index contributed by atoms with van der Waals surface area (Å²) in [5, 5.41) is 8.19. The maximum atomic E-state index is 12.5. The highest BCUT2D eigenvalue weighted by molar-refractivity contribution is 7.14. The average molecular weight is 297 g/mol. The molecule has 6 nitrogen and oxygen atoms in total. The number of anilines is 1. The van der Waals surface area contributed by atoms with Crippen LogP contribution in [0.5, 0.6) is 0 Å². The third-order valence-corrected chi connectivity index (χ3v) is 4.31. The SMILES string of the molecule is COCC1(C(=O)Nc2nc(C(C)=O)cs2)CCNCC1. The van der Waals surface area contributed by atoms with Gasteiger partial charge in [-0.1, -0.05) is 0 Å². The van der Waals surface area contributed by atoms with Gasteiger partial charge in [-0.25, -0.2) is 4.98 Å². The van der Waals surface area contributed by atoms with E-state index in [4.69, 9.17) is 4.74 Å². The molecule has 1 amide bonds. The molecule has 20 heavy (non-hydrogen) atoms. The van der Waals surface area contributed by atoms with Crippen molar-refractivity contribution in [1.82, 2.24) is 10.3 Å². The highest BCUT2D eigenvalue weighted by Gasteiger charge is 2.40. The predicted molar refractivity (Wildman–Crippen MR) is 77.2 cm³/mol. The van der Waals surface area contributed by atoms with Crippen LogP contribution in [0.4, 0.5) is 5.13 Å². The number of methoxy groups -OCH3 is 1. The molecule has 2 heterocycles. The van der Waals surface area contributed by atoms with E-state index in [1.165, 1.54) is 18.3 Å². The lowest BCUT2D eigenvalue weighted by atomic mass is 9.79. The predicted octanol–water partition coefficient (Wildman–Crippen LogP) is 1.30. The molecule has 2 N–H and O–H groups in total. The molecule has 1 fully saturated rings. The first-order valence-electron chi connectivity index (χ1n) is 6.55. The van der Waals surface area contributed by atoms with E-state index in [0.29, 0.717) is 17.4 Å². The van der Waals surface area contributed by atoms with E-state index >= 15 is 0 Å². The fourth-order valence-electron chi connectivity index (χ4n) is 2.34. The van der Waals surface area contributed by atoms with Gasteiger partial charge in [0.15, 0.2) is 10.9 Å². The number of rotatable bonds is 5. The van der Waals surface area contributed by atoms with Gasteiger partial charge in [0.05, 0.1) is 12.0 Å². The first-order chi connectivity index (χ1) is 9.57. The van der Waals surface area contributed by atoms with Crippen molar-refractivity contribution in [2.45, 2.75) is 19.8 Å². The summed E-state index contributed by atoms with van der Waals surface area (Å²) in [6.45, 7) is 3.45. The van der Waals surface area contributed by atoms with E-state index in [1.807, 2.05) is 0 Å². The van der Waals surface area contributed by atoms with Crippen LogP contribution in [0.1, 0.15) is 30.3 Å². The maximum absolute atomic E-state index is 12.5. The van der Waals surface area contributed by atoms with E-state index in [9.17, 15) is 9.59 Å². The van der Waals surface area contributed by atoms with Crippen molar-refractivity contribution in [3.8, 4) is 0 Å². The fourth-order valence-corrected chi connectivity index (χ4v) is 3.09. The molecule has 110 valence electrons. The molecule has 0 unspecified atom stereocenters. The number of carbonyl (C=O) groups is 2. The number of amides is 1. The Morgan fingerprint density at radius 1 is 1.50 bits per heavy atom. The summed E-state index contributed by atoms with van der Waals surface area (Å²) in [5.74, 6) is -0.180. The van der Waals surface area contributed by atoms with Crippen LogP contribution >= 0.6 is 11.3 Å². The molecule has 2 rings (SSSR count). The number of nitrogens with one attached hydrogen (secondary N) is 2. The Morgan fingerprint density at radius 3 is 2.75 bits per heavy atom. The quantitative estimate of drug-likeness (QED) is 0.801. The first-order valence-corrected chi connectivity index (χ1v) is 7.43. The van der Waals surface area contributed by atoms with Crippen molar-refractivity contribution in [3.63, 3.8) is 0 Å². The molecule has 0 saturated carbocycles. The number of nitrogens with zero attached hydrogens (tertiary/aromatic N) is 1. The molecule has 1 aliphatic rings. The maximum Gasteiger partial charge on any atom is 0.234 e. The summed E-state index contributed by atoms with van der Waals surface area (Å²) in [7, 11) is 1.61. The van der Waals surface area contributed by atoms with Crippen molar-refractivity contribution in [2.24, 2.45) is 5.41 Å². The monoisotopic (exact) mass is 297 g/mol. The molecule has 0 aromatic carbocycles. The molecule has 0 radical (unpaired) electrons. The number of carbonyl (C=O) groups excluding carboxylic acids is 2. The van der Waals surface area contributed by atoms with Crippen LogP contribution in [0, 0.1) is 5.41 Å². The van der Waals surface area contributed by atoms with Gasteiger partial charge in [-0.2, -0.15) is 0 Å². The lowest BCUT2D eigenvalue weighted by molar-refractivity contribution is -0.130. The third-order valence-electron chi connectivity index (χ3n) is 3.55. The van der Waals surface area contributed by atoms with Crippen molar-refractivity contribution in [1.29, 1.82) is 0 Å². The van der Waals surface area contributed by atoms with Gasteiger partial charge in [0, 0.05) is 19.4 Å². The van der Waals surface area contributed by atoms with Gasteiger partial charge in [0.25, 0.3) is 0 Å². The number of hydrogen-bond donors (Lipinski definition) is 2. The van der Waals surface area contributed by atoms with Gasteiger partial charge < -0.3 is 15.4 Å². The van der Waals surface area contributed by atoms with Crippen LogP contribution in [0.15, 0.2) is 5.38 Å². The molecule has 1 aliphatic heterocycles. The number of piperidine rings is 1. The second-order valence-electron chi connectivity index (χ2n) is 5.01. The number of ether oxygens (including phenoxy) is 1. The topological polar surface area (TPSA) is 80.3 Å². The van der Waals surface area contributed by atoms with E-state index in [0.717, 1.165) is 25.9 Å². The smallest absolute Gasteiger partial charge is 0.234 e. The first kappa shape index (κ1) is 15.1. The van der Waals surface area contributed by atoms with Crippen LogP contribution in [-0.2, 0) is 9.53 Å². The lowest BCUT2D eigenvalue weighted by Gasteiger charge is -2.35. The van der Waals surface area contributed by atoms with Crippen LogP contribution in [0.2, 0.25) is 0 Å². The minimum atomic E-state index is -0.512.